The number of rotatable bonds is 6. The normalized spacial score (nSPS) is 14.3. The van der Waals surface area contributed by atoms with Crippen molar-refractivity contribution >= 4 is 34.9 Å². The van der Waals surface area contributed by atoms with Gasteiger partial charge in [-0.15, -0.1) is 10.2 Å². The number of hydrogen-bond acceptors (Lipinski definition) is 7. The van der Waals surface area contributed by atoms with Crippen molar-refractivity contribution in [3.63, 3.8) is 0 Å². The first-order valence-electron chi connectivity index (χ1n) is 5.66. The molecule has 1 unspecified atom stereocenters. The van der Waals surface area contributed by atoms with E-state index in [1.165, 1.54) is 23.1 Å². The SMILES string of the molecule is CSc1nnc(SCC(O)(CN)c2ccccc2)s1. The quantitative estimate of drug-likeness (QED) is 0.797. The number of thioether (sulfide) groups is 2. The Kier molecular flexibility index (Phi) is 5.23. The summed E-state index contributed by atoms with van der Waals surface area (Å²) in [6.45, 7) is 0.179. The highest BCUT2D eigenvalue weighted by Gasteiger charge is 2.28. The first-order chi connectivity index (χ1) is 9.18. The number of nitrogens with two attached hydrogens (primary N) is 1. The Labute approximate surface area is 124 Å². The fraction of sp³-hybridized carbons (Fsp3) is 0.333. The summed E-state index contributed by atoms with van der Waals surface area (Å²) < 4.78 is 1.78. The van der Waals surface area contributed by atoms with Crippen LogP contribution in [-0.2, 0) is 5.60 Å². The van der Waals surface area contributed by atoms with Gasteiger partial charge >= 0.3 is 0 Å². The zero-order valence-electron chi connectivity index (χ0n) is 10.4. The molecule has 19 heavy (non-hydrogen) atoms. The summed E-state index contributed by atoms with van der Waals surface area (Å²) >= 11 is 4.59. The van der Waals surface area contributed by atoms with Crippen molar-refractivity contribution in [1.82, 2.24) is 10.2 Å². The molecule has 0 spiro atoms. The standard InChI is InChI=1S/C12H15N3OS3/c1-17-10-14-15-11(19-10)18-8-12(16,7-13)9-5-3-2-4-6-9/h2-6,16H,7-8,13H2,1H3. The number of aromatic nitrogens is 2. The van der Waals surface area contributed by atoms with Gasteiger partial charge in [0.1, 0.15) is 5.60 Å². The molecule has 2 aromatic rings. The Morgan fingerprint density at radius 1 is 1.26 bits per heavy atom. The average Bonchev–Trinajstić information content (AvgIpc) is 2.94. The molecule has 3 N–H and O–H groups in total. The summed E-state index contributed by atoms with van der Waals surface area (Å²) in [6, 6.07) is 9.50. The van der Waals surface area contributed by atoms with E-state index in [4.69, 9.17) is 5.73 Å². The van der Waals surface area contributed by atoms with E-state index >= 15 is 0 Å². The highest BCUT2D eigenvalue weighted by atomic mass is 32.2. The third kappa shape index (κ3) is 3.70. The van der Waals surface area contributed by atoms with Crippen LogP contribution in [0, 0.1) is 0 Å². The monoisotopic (exact) mass is 313 g/mol. The molecule has 4 nitrogen and oxygen atoms in total. The van der Waals surface area contributed by atoms with Crippen LogP contribution in [0.2, 0.25) is 0 Å². The molecule has 0 saturated heterocycles. The van der Waals surface area contributed by atoms with Gasteiger partial charge in [0, 0.05) is 12.3 Å². The molecule has 0 bridgehead atoms. The van der Waals surface area contributed by atoms with Crippen molar-refractivity contribution < 1.29 is 5.11 Å². The Morgan fingerprint density at radius 3 is 2.53 bits per heavy atom. The summed E-state index contributed by atoms with van der Waals surface area (Å²) in [4.78, 5) is 0. The van der Waals surface area contributed by atoms with Crippen molar-refractivity contribution in [3.8, 4) is 0 Å². The van der Waals surface area contributed by atoms with Crippen LogP contribution in [0.5, 0.6) is 0 Å². The minimum absolute atomic E-state index is 0.179. The van der Waals surface area contributed by atoms with Crippen LogP contribution in [0.25, 0.3) is 0 Å². The minimum Gasteiger partial charge on any atom is -0.383 e. The second-order valence-corrected chi connectivity index (χ2v) is 7.18. The zero-order valence-corrected chi connectivity index (χ0v) is 12.9. The Morgan fingerprint density at radius 2 is 1.95 bits per heavy atom. The third-order valence-corrected chi connectivity index (χ3v) is 5.89. The van der Waals surface area contributed by atoms with E-state index in [2.05, 4.69) is 10.2 Å². The fourth-order valence-electron chi connectivity index (χ4n) is 1.53. The average molecular weight is 313 g/mol. The van der Waals surface area contributed by atoms with Gasteiger partial charge in [0.05, 0.1) is 0 Å². The fourth-order valence-corrected chi connectivity index (χ4v) is 4.09. The van der Waals surface area contributed by atoms with Crippen molar-refractivity contribution in [2.75, 3.05) is 18.6 Å². The molecular weight excluding hydrogens is 298 g/mol. The van der Waals surface area contributed by atoms with Gasteiger partial charge in [0.2, 0.25) is 0 Å². The largest absolute Gasteiger partial charge is 0.383 e. The molecule has 2 rings (SSSR count). The molecule has 0 saturated carbocycles. The van der Waals surface area contributed by atoms with Crippen LogP contribution in [-0.4, -0.2) is 33.9 Å². The van der Waals surface area contributed by atoms with Gasteiger partial charge in [-0.3, -0.25) is 0 Å². The summed E-state index contributed by atoms with van der Waals surface area (Å²) in [5, 5.41) is 18.7. The maximum absolute atomic E-state index is 10.6. The highest BCUT2D eigenvalue weighted by molar-refractivity contribution is 8.03. The lowest BCUT2D eigenvalue weighted by molar-refractivity contribution is 0.0721. The van der Waals surface area contributed by atoms with E-state index in [1.54, 1.807) is 11.8 Å². The molecule has 7 heteroatoms. The van der Waals surface area contributed by atoms with E-state index in [9.17, 15) is 5.11 Å². The molecule has 1 atom stereocenters. The molecule has 0 aliphatic rings. The van der Waals surface area contributed by atoms with Crippen molar-refractivity contribution in [3.05, 3.63) is 35.9 Å². The summed E-state index contributed by atoms with van der Waals surface area (Å²) in [6.07, 6.45) is 1.97. The third-order valence-electron chi connectivity index (χ3n) is 2.65. The maximum atomic E-state index is 10.6. The lowest BCUT2D eigenvalue weighted by atomic mass is 9.96. The second kappa shape index (κ2) is 6.71. The molecule has 0 aliphatic carbocycles. The van der Waals surface area contributed by atoms with Gasteiger partial charge in [-0.1, -0.05) is 65.2 Å². The molecule has 0 fully saturated rings. The predicted octanol–water partition coefficient (Wildman–Crippen LogP) is 2.20. The lowest BCUT2D eigenvalue weighted by Crippen LogP contribution is -2.37. The lowest BCUT2D eigenvalue weighted by Gasteiger charge is -2.26. The van der Waals surface area contributed by atoms with E-state index in [1.807, 2.05) is 36.6 Å². The van der Waals surface area contributed by atoms with Gasteiger partial charge < -0.3 is 10.8 Å². The highest BCUT2D eigenvalue weighted by Crippen LogP contribution is 2.32. The molecule has 0 aliphatic heterocycles. The van der Waals surface area contributed by atoms with E-state index in [0.717, 1.165) is 14.2 Å². The van der Waals surface area contributed by atoms with E-state index in [-0.39, 0.29) is 6.54 Å². The van der Waals surface area contributed by atoms with E-state index < -0.39 is 5.60 Å². The molecule has 1 aromatic heterocycles. The van der Waals surface area contributed by atoms with Crippen molar-refractivity contribution in [1.29, 1.82) is 0 Å². The zero-order chi connectivity index (χ0) is 13.7. The predicted molar refractivity (Wildman–Crippen MR) is 81.8 cm³/mol. The van der Waals surface area contributed by atoms with Gasteiger partial charge in [-0.2, -0.15) is 0 Å². The summed E-state index contributed by atoms with van der Waals surface area (Å²) in [5.74, 6) is 0.469. The Bertz CT molecular complexity index is 520. The van der Waals surface area contributed by atoms with Crippen LogP contribution < -0.4 is 5.73 Å². The molecule has 102 valence electrons. The molecular formula is C12H15N3OS3. The van der Waals surface area contributed by atoms with Crippen LogP contribution in [0.3, 0.4) is 0 Å². The van der Waals surface area contributed by atoms with Crippen LogP contribution >= 0.6 is 34.9 Å². The number of benzene rings is 1. The van der Waals surface area contributed by atoms with Gasteiger partial charge in [-0.05, 0) is 11.8 Å². The summed E-state index contributed by atoms with van der Waals surface area (Å²) in [5.41, 5.74) is 5.54. The smallest absolute Gasteiger partial charge is 0.175 e. The number of nitrogens with zero attached hydrogens (tertiary/aromatic N) is 2. The van der Waals surface area contributed by atoms with Crippen molar-refractivity contribution in [2.45, 2.75) is 14.3 Å². The topological polar surface area (TPSA) is 72.0 Å². The first kappa shape index (κ1) is 14.8. The summed E-state index contributed by atoms with van der Waals surface area (Å²) in [7, 11) is 0. The van der Waals surface area contributed by atoms with Crippen LogP contribution in [0.1, 0.15) is 5.56 Å². The number of aliphatic hydroxyl groups is 1. The van der Waals surface area contributed by atoms with Crippen LogP contribution in [0.15, 0.2) is 39.0 Å². The Balaban J connectivity index is 2.06. The number of hydrogen-bond donors (Lipinski definition) is 2. The molecule has 1 heterocycles. The van der Waals surface area contributed by atoms with E-state index in [0.29, 0.717) is 5.75 Å². The molecule has 1 aromatic carbocycles. The van der Waals surface area contributed by atoms with Gasteiger partial charge in [-0.25, -0.2) is 0 Å². The van der Waals surface area contributed by atoms with Crippen molar-refractivity contribution in [2.24, 2.45) is 5.73 Å². The van der Waals surface area contributed by atoms with Gasteiger partial charge in [0.15, 0.2) is 8.68 Å². The minimum atomic E-state index is -1.03. The molecule has 0 radical (unpaired) electrons. The Hall–Kier alpha value is -0.600. The van der Waals surface area contributed by atoms with Gasteiger partial charge in [0.25, 0.3) is 0 Å². The maximum Gasteiger partial charge on any atom is 0.175 e. The van der Waals surface area contributed by atoms with Crippen LogP contribution in [0.4, 0.5) is 0 Å². The molecule has 0 amide bonds. The second-order valence-electron chi connectivity index (χ2n) is 3.93. The first-order valence-corrected chi connectivity index (χ1v) is 8.69.